The molecule has 1 unspecified atom stereocenters. The van der Waals surface area contributed by atoms with Crippen molar-refractivity contribution in [1.29, 1.82) is 0 Å². The van der Waals surface area contributed by atoms with Gasteiger partial charge in [-0.2, -0.15) is 0 Å². The second-order valence-electron chi connectivity index (χ2n) is 11.3. The van der Waals surface area contributed by atoms with E-state index in [4.69, 9.17) is 9.47 Å². The van der Waals surface area contributed by atoms with Gasteiger partial charge >= 0.3 is 6.09 Å². The first-order valence-corrected chi connectivity index (χ1v) is 15.0. The summed E-state index contributed by atoms with van der Waals surface area (Å²) in [5.41, 5.74) is 3.03. The van der Waals surface area contributed by atoms with Crippen molar-refractivity contribution in [3.05, 3.63) is 120 Å². The lowest BCUT2D eigenvalue weighted by molar-refractivity contribution is -0.138. The molecular formula is C35H41N5O5. The van der Waals surface area contributed by atoms with Crippen LogP contribution in [0.2, 0.25) is 0 Å². The molecule has 0 aliphatic heterocycles. The molecule has 0 spiro atoms. The van der Waals surface area contributed by atoms with Crippen molar-refractivity contribution in [2.45, 2.75) is 51.8 Å². The molecule has 0 aliphatic carbocycles. The minimum atomic E-state index is -1.02. The zero-order valence-corrected chi connectivity index (χ0v) is 26.0. The van der Waals surface area contributed by atoms with Gasteiger partial charge in [-0.05, 0) is 35.7 Å². The number of H-pyrrole nitrogens is 1. The molecule has 1 heterocycles. The highest BCUT2D eigenvalue weighted by molar-refractivity contribution is 5.89. The number of nitrogens with one attached hydrogen (secondary N) is 3. The molecule has 4 rings (SSSR count). The highest BCUT2D eigenvalue weighted by atomic mass is 16.5. The summed E-state index contributed by atoms with van der Waals surface area (Å²) in [6.45, 7) is 6.90. The molecule has 0 radical (unpaired) electrons. The minimum Gasteiger partial charge on any atom is -0.494 e. The molecule has 1 atom stereocenters. The smallest absolute Gasteiger partial charge is 0.408 e. The van der Waals surface area contributed by atoms with E-state index in [2.05, 4.69) is 34.4 Å². The standard InChI is InChI=1S/C35H41N5O5/c1-4-44-30-17-15-26(16-18-30)21-40(22-32(41)37-24-35(2,3)28-13-9-6-10-14-28)33(42)31(19-29-20-36-25-38-29)39-34(43)45-23-27-11-7-5-8-12-27/h5-18,20,25,31H,4,19,21-24H2,1-3H3,(H,36,38)(H,37,41)(H,39,43). The molecule has 0 saturated carbocycles. The molecule has 1 aromatic heterocycles. The fraction of sp³-hybridized carbons (Fsp3) is 0.314. The Bertz CT molecular complexity index is 1490. The number of benzene rings is 3. The number of ether oxygens (including phenoxy) is 2. The maximum atomic E-state index is 14.1. The van der Waals surface area contributed by atoms with E-state index >= 15 is 0 Å². The molecule has 3 N–H and O–H groups in total. The minimum absolute atomic E-state index is 0.0488. The molecule has 4 aromatic rings. The summed E-state index contributed by atoms with van der Waals surface area (Å²) in [5.74, 6) is -0.0437. The number of alkyl carbamates (subject to hydrolysis) is 1. The summed E-state index contributed by atoms with van der Waals surface area (Å²) in [7, 11) is 0. The third kappa shape index (κ3) is 10.2. The second-order valence-corrected chi connectivity index (χ2v) is 11.3. The van der Waals surface area contributed by atoms with Crippen LogP contribution in [0.25, 0.3) is 0 Å². The van der Waals surface area contributed by atoms with E-state index in [1.165, 1.54) is 11.2 Å². The lowest BCUT2D eigenvalue weighted by Gasteiger charge is -2.29. The van der Waals surface area contributed by atoms with E-state index in [9.17, 15) is 14.4 Å². The fourth-order valence-corrected chi connectivity index (χ4v) is 4.77. The van der Waals surface area contributed by atoms with E-state index in [0.29, 0.717) is 24.6 Å². The fourth-order valence-electron chi connectivity index (χ4n) is 4.77. The molecule has 10 heteroatoms. The van der Waals surface area contributed by atoms with Gasteiger partial charge in [0.15, 0.2) is 0 Å². The number of amides is 3. The zero-order chi connectivity index (χ0) is 32.1. The maximum absolute atomic E-state index is 14.1. The van der Waals surface area contributed by atoms with Crippen molar-refractivity contribution < 1.29 is 23.9 Å². The quantitative estimate of drug-likeness (QED) is 0.178. The van der Waals surface area contributed by atoms with Gasteiger partial charge in [-0.1, -0.05) is 86.6 Å². The number of imidazole rings is 1. The lowest BCUT2D eigenvalue weighted by Crippen LogP contribution is -2.52. The number of hydrogen-bond acceptors (Lipinski definition) is 6. The van der Waals surface area contributed by atoms with Crippen LogP contribution in [-0.4, -0.2) is 58.5 Å². The van der Waals surface area contributed by atoms with Gasteiger partial charge in [-0.25, -0.2) is 9.78 Å². The lowest BCUT2D eigenvalue weighted by atomic mass is 9.84. The van der Waals surface area contributed by atoms with Crippen molar-refractivity contribution in [3.63, 3.8) is 0 Å². The van der Waals surface area contributed by atoms with Crippen molar-refractivity contribution in [3.8, 4) is 5.75 Å². The van der Waals surface area contributed by atoms with Crippen LogP contribution >= 0.6 is 0 Å². The van der Waals surface area contributed by atoms with E-state index in [1.54, 1.807) is 6.20 Å². The first-order chi connectivity index (χ1) is 21.7. The van der Waals surface area contributed by atoms with Gasteiger partial charge in [0.05, 0.1) is 19.5 Å². The molecule has 3 aromatic carbocycles. The van der Waals surface area contributed by atoms with Gasteiger partial charge in [0.25, 0.3) is 0 Å². The number of rotatable bonds is 15. The van der Waals surface area contributed by atoms with Crippen LogP contribution in [0.4, 0.5) is 4.79 Å². The van der Waals surface area contributed by atoms with Crippen molar-refractivity contribution in [1.82, 2.24) is 25.5 Å². The first kappa shape index (κ1) is 32.8. The number of carbonyl (C=O) groups is 3. The van der Waals surface area contributed by atoms with Crippen LogP contribution < -0.4 is 15.4 Å². The molecule has 0 fully saturated rings. The van der Waals surface area contributed by atoms with Crippen LogP contribution in [0.3, 0.4) is 0 Å². The summed E-state index contributed by atoms with van der Waals surface area (Å²) in [5, 5.41) is 5.72. The maximum Gasteiger partial charge on any atom is 0.408 e. The second kappa shape index (κ2) is 16.1. The summed E-state index contributed by atoms with van der Waals surface area (Å²) >= 11 is 0. The largest absolute Gasteiger partial charge is 0.494 e. The normalized spacial score (nSPS) is 11.7. The van der Waals surface area contributed by atoms with Crippen LogP contribution in [-0.2, 0) is 39.3 Å². The van der Waals surface area contributed by atoms with Crippen LogP contribution in [0, 0.1) is 0 Å². The van der Waals surface area contributed by atoms with Crippen molar-refractivity contribution in [2.75, 3.05) is 19.7 Å². The van der Waals surface area contributed by atoms with Crippen molar-refractivity contribution in [2.24, 2.45) is 0 Å². The van der Waals surface area contributed by atoms with E-state index in [1.807, 2.05) is 91.9 Å². The molecule has 10 nitrogen and oxygen atoms in total. The van der Waals surface area contributed by atoms with Gasteiger partial charge in [0.2, 0.25) is 11.8 Å². The summed E-state index contributed by atoms with van der Waals surface area (Å²) < 4.78 is 11.0. The monoisotopic (exact) mass is 611 g/mol. The number of hydrogen-bond donors (Lipinski definition) is 3. The Balaban J connectivity index is 1.51. The number of aromatic nitrogens is 2. The molecule has 236 valence electrons. The van der Waals surface area contributed by atoms with E-state index < -0.39 is 18.0 Å². The molecular weight excluding hydrogens is 570 g/mol. The molecule has 0 bridgehead atoms. The zero-order valence-electron chi connectivity index (χ0n) is 26.0. The SMILES string of the molecule is CCOc1ccc(CN(CC(=O)NCC(C)(C)c2ccccc2)C(=O)C(Cc2cnc[nH]2)NC(=O)OCc2ccccc2)cc1. The molecule has 3 amide bonds. The Kier molecular flexibility index (Phi) is 11.7. The Morgan fingerprint density at radius 2 is 1.62 bits per heavy atom. The average molecular weight is 612 g/mol. The molecule has 0 saturated heterocycles. The predicted molar refractivity (Wildman–Crippen MR) is 171 cm³/mol. The Labute approximate surface area is 264 Å². The van der Waals surface area contributed by atoms with Gasteiger partial charge in [0.1, 0.15) is 18.4 Å². The van der Waals surface area contributed by atoms with Gasteiger partial charge in [-0.3, -0.25) is 9.59 Å². The Hall–Kier alpha value is -5.12. The molecule has 0 aliphatic rings. The highest BCUT2D eigenvalue weighted by Gasteiger charge is 2.30. The van der Waals surface area contributed by atoms with Gasteiger partial charge < -0.3 is 30.0 Å². The number of aromatic amines is 1. The van der Waals surface area contributed by atoms with E-state index in [0.717, 1.165) is 16.7 Å². The number of carbonyl (C=O) groups excluding carboxylic acids is 3. The van der Waals surface area contributed by atoms with Crippen molar-refractivity contribution >= 4 is 17.9 Å². The number of nitrogens with zero attached hydrogens (tertiary/aromatic N) is 2. The third-order valence-electron chi connectivity index (χ3n) is 7.32. The predicted octanol–water partition coefficient (Wildman–Crippen LogP) is 4.77. The van der Waals surface area contributed by atoms with Crippen LogP contribution in [0.15, 0.2) is 97.5 Å². The highest BCUT2D eigenvalue weighted by Crippen LogP contribution is 2.22. The average Bonchev–Trinajstić information content (AvgIpc) is 3.57. The summed E-state index contributed by atoms with van der Waals surface area (Å²) in [6, 6.07) is 25.5. The van der Waals surface area contributed by atoms with E-state index in [-0.39, 0.29) is 37.4 Å². The Morgan fingerprint density at radius 1 is 0.933 bits per heavy atom. The van der Waals surface area contributed by atoms with Crippen LogP contribution in [0.5, 0.6) is 5.75 Å². The van der Waals surface area contributed by atoms with Gasteiger partial charge in [-0.15, -0.1) is 0 Å². The third-order valence-corrected chi connectivity index (χ3v) is 7.32. The summed E-state index contributed by atoms with van der Waals surface area (Å²) in [4.78, 5) is 48.8. The van der Waals surface area contributed by atoms with Crippen LogP contribution in [0.1, 0.15) is 43.2 Å². The topological polar surface area (TPSA) is 126 Å². The summed E-state index contributed by atoms with van der Waals surface area (Å²) in [6.07, 6.45) is 2.48. The Morgan fingerprint density at radius 3 is 2.27 bits per heavy atom. The first-order valence-electron chi connectivity index (χ1n) is 15.0. The van der Waals surface area contributed by atoms with Gasteiger partial charge in [0, 0.05) is 36.8 Å². The molecule has 45 heavy (non-hydrogen) atoms.